The Morgan fingerprint density at radius 3 is 2.53 bits per heavy atom. The predicted molar refractivity (Wildman–Crippen MR) is 65.8 cm³/mol. The molecule has 0 unspecified atom stereocenters. The van der Waals surface area contributed by atoms with Crippen LogP contribution < -0.4 is 9.80 Å². The summed E-state index contributed by atoms with van der Waals surface area (Å²) in [6.07, 6.45) is 0.527. The third-order valence-corrected chi connectivity index (χ3v) is 3.09. The van der Waals surface area contributed by atoms with Gasteiger partial charge >= 0.3 is 5.97 Å². The lowest BCUT2D eigenvalue weighted by Gasteiger charge is -2.25. The van der Waals surface area contributed by atoms with Gasteiger partial charge in [0.15, 0.2) is 6.10 Å². The standard InChI is InChI=1S/C13H22N2O2/c1-4-13(17-12(2)16)6-5-7-15-10-8-14(3)9-11-15/h13H,4,7-11H2,1-3H3/p+2/t13-/m0/s1. The van der Waals surface area contributed by atoms with Crippen LogP contribution in [-0.2, 0) is 9.53 Å². The first kappa shape index (κ1) is 14.0. The summed E-state index contributed by atoms with van der Waals surface area (Å²) in [7, 11) is 2.23. The maximum Gasteiger partial charge on any atom is 0.303 e. The van der Waals surface area contributed by atoms with Crippen molar-refractivity contribution in [1.82, 2.24) is 0 Å². The summed E-state index contributed by atoms with van der Waals surface area (Å²) >= 11 is 0. The average molecular weight is 240 g/mol. The highest BCUT2D eigenvalue weighted by atomic mass is 16.5. The monoisotopic (exact) mass is 240 g/mol. The van der Waals surface area contributed by atoms with Crippen molar-refractivity contribution in [2.24, 2.45) is 0 Å². The molecular formula is C13H24N2O2+2. The van der Waals surface area contributed by atoms with E-state index in [9.17, 15) is 4.79 Å². The fourth-order valence-corrected chi connectivity index (χ4v) is 1.91. The molecule has 4 heteroatoms. The Kier molecular flexibility index (Phi) is 6.03. The van der Waals surface area contributed by atoms with E-state index in [1.807, 2.05) is 6.92 Å². The fraction of sp³-hybridized carbons (Fsp3) is 0.769. The van der Waals surface area contributed by atoms with Gasteiger partial charge < -0.3 is 14.5 Å². The molecule has 2 N–H and O–H groups in total. The third-order valence-electron chi connectivity index (χ3n) is 3.09. The quantitative estimate of drug-likeness (QED) is 0.432. The number of rotatable bonds is 3. The Hall–Kier alpha value is -1.05. The molecular weight excluding hydrogens is 216 g/mol. The number of likely N-dealkylation sites (N-methyl/N-ethyl adjacent to an activating group) is 1. The number of piperazine rings is 1. The van der Waals surface area contributed by atoms with Crippen molar-refractivity contribution < 1.29 is 19.3 Å². The van der Waals surface area contributed by atoms with Crippen LogP contribution in [0.25, 0.3) is 0 Å². The van der Waals surface area contributed by atoms with Crippen molar-refractivity contribution in [2.75, 3.05) is 39.8 Å². The van der Waals surface area contributed by atoms with Crippen LogP contribution in [0.2, 0.25) is 0 Å². The van der Waals surface area contributed by atoms with Crippen molar-refractivity contribution in [3.8, 4) is 11.8 Å². The SMILES string of the molecule is CC[C@@H](C#CC[NH+]1CC[NH+](C)CC1)OC(C)=O. The van der Waals surface area contributed by atoms with Gasteiger partial charge in [0, 0.05) is 6.92 Å². The molecule has 0 saturated carbocycles. The molecule has 1 fully saturated rings. The second-order valence-corrected chi connectivity index (χ2v) is 4.71. The molecule has 0 aromatic carbocycles. The number of hydrogen-bond donors (Lipinski definition) is 2. The largest absolute Gasteiger partial charge is 0.449 e. The predicted octanol–water partition coefficient (Wildman–Crippen LogP) is -2.26. The first-order valence-corrected chi connectivity index (χ1v) is 6.42. The van der Waals surface area contributed by atoms with E-state index in [1.54, 1.807) is 9.80 Å². The highest BCUT2D eigenvalue weighted by molar-refractivity contribution is 5.66. The lowest BCUT2D eigenvalue weighted by atomic mass is 10.2. The molecule has 1 aliphatic heterocycles. The summed E-state index contributed by atoms with van der Waals surface area (Å²) in [4.78, 5) is 14.0. The Bertz CT molecular complexity index is 298. The van der Waals surface area contributed by atoms with E-state index >= 15 is 0 Å². The molecule has 1 heterocycles. The van der Waals surface area contributed by atoms with Gasteiger partial charge in [0.25, 0.3) is 0 Å². The number of ether oxygens (including phenoxy) is 1. The van der Waals surface area contributed by atoms with Crippen molar-refractivity contribution in [3.05, 3.63) is 0 Å². The minimum Gasteiger partial charge on any atom is -0.449 e. The van der Waals surface area contributed by atoms with Gasteiger partial charge in [-0.2, -0.15) is 0 Å². The van der Waals surface area contributed by atoms with E-state index in [1.165, 1.54) is 33.1 Å². The molecule has 0 spiro atoms. The third kappa shape index (κ3) is 5.71. The normalized spacial score (nSPS) is 25.6. The van der Waals surface area contributed by atoms with Crippen LogP contribution in [-0.4, -0.2) is 51.8 Å². The molecule has 0 amide bonds. The number of carbonyl (C=O) groups excluding carboxylic acids is 1. The van der Waals surface area contributed by atoms with E-state index < -0.39 is 0 Å². The summed E-state index contributed by atoms with van der Waals surface area (Å²) in [6, 6.07) is 0. The van der Waals surface area contributed by atoms with Crippen LogP contribution in [0.3, 0.4) is 0 Å². The zero-order valence-corrected chi connectivity index (χ0v) is 11.1. The van der Waals surface area contributed by atoms with Crippen LogP contribution in [0, 0.1) is 11.8 Å². The van der Waals surface area contributed by atoms with Gasteiger partial charge in [-0.3, -0.25) is 4.79 Å². The lowest BCUT2D eigenvalue weighted by Crippen LogP contribution is -3.26. The molecule has 1 saturated heterocycles. The van der Waals surface area contributed by atoms with Crippen LogP contribution in [0.5, 0.6) is 0 Å². The summed E-state index contributed by atoms with van der Waals surface area (Å²) in [5.41, 5.74) is 0. The minimum atomic E-state index is -0.248. The second-order valence-electron chi connectivity index (χ2n) is 4.71. The van der Waals surface area contributed by atoms with Gasteiger partial charge in [-0.1, -0.05) is 12.8 Å². The van der Waals surface area contributed by atoms with Gasteiger partial charge in [-0.25, -0.2) is 0 Å². The van der Waals surface area contributed by atoms with Gasteiger partial charge in [0.1, 0.15) is 32.7 Å². The molecule has 1 atom stereocenters. The van der Waals surface area contributed by atoms with Gasteiger partial charge in [-0.05, 0) is 12.3 Å². The molecule has 0 aliphatic carbocycles. The number of carbonyl (C=O) groups is 1. The highest BCUT2D eigenvalue weighted by Gasteiger charge is 2.18. The van der Waals surface area contributed by atoms with Crippen molar-refractivity contribution >= 4 is 5.97 Å². The molecule has 0 aromatic rings. The number of quaternary nitrogens is 2. The maximum absolute atomic E-state index is 10.8. The average Bonchev–Trinajstić information content (AvgIpc) is 2.30. The Morgan fingerprint density at radius 1 is 1.35 bits per heavy atom. The van der Waals surface area contributed by atoms with Gasteiger partial charge in [-0.15, -0.1) is 0 Å². The van der Waals surface area contributed by atoms with Crippen LogP contribution in [0.1, 0.15) is 20.3 Å². The van der Waals surface area contributed by atoms with Crippen molar-refractivity contribution in [2.45, 2.75) is 26.4 Å². The summed E-state index contributed by atoms with van der Waals surface area (Å²) in [5.74, 6) is 5.94. The van der Waals surface area contributed by atoms with Gasteiger partial charge in [0.2, 0.25) is 0 Å². The summed E-state index contributed by atoms with van der Waals surface area (Å²) in [5, 5.41) is 0. The Labute approximate surface area is 104 Å². The van der Waals surface area contributed by atoms with Crippen LogP contribution in [0.4, 0.5) is 0 Å². The smallest absolute Gasteiger partial charge is 0.303 e. The van der Waals surface area contributed by atoms with E-state index in [0.29, 0.717) is 0 Å². The fourth-order valence-electron chi connectivity index (χ4n) is 1.91. The molecule has 17 heavy (non-hydrogen) atoms. The van der Waals surface area contributed by atoms with Crippen molar-refractivity contribution in [3.63, 3.8) is 0 Å². The zero-order valence-electron chi connectivity index (χ0n) is 11.1. The molecule has 1 rings (SSSR count). The van der Waals surface area contributed by atoms with E-state index in [2.05, 4.69) is 18.9 Å². The topological polar surface area (TPSA) is 35.2 Å². The summed E-state index contributed by atoms with van der Waals surface area (Å²) in [6.45, 7) is 9.09. The number of esters is 1. The van der Waals surface area contributed by atoms with E-state index in [0.717, 1.165) is 13.0 Å². The van der Waals surface area contributed by atoms with Crippen LogP contribution in [0.15, 0.2) is 0 Å². The lowest BCUT2D eigenvalue weighted by molar-refractivity contribution is -1.000. The molecule has 96 valence electrons. The first-order valence-electron chi connectivity index (χ1n) is 6.42. The molecule has 0 radical (unpaired) electrons. The van der Waals surface area contributed by atoms with Crippen LogP contribution >= 0.6 is 0 Å². The molecule has 4 nitrogen and oxygen atoms in total. The summed E-state index contributed by atoms with van der Waals surface area (Å²) < 4.78 is 5.08. The Balaban J connectivity index is 2.31. The minimum absolute atomic E-state index is 0.231. The molecule has 0 bridgehead atoms. The number of hydrogen-bond acceptors (Lipinski definition) is 2. The van der Waals surface area contributed by atoms with Gasteiger partial charge in [0.05, 0.1) is 7.05 Å². The molecule has 0 aromatic heterocycles. The van der Waals surface area contributed by atoms with Crippen molar-refractivity contribution in [1.29, 1.82) is 0 Å². The first-order chi connectivity index (χ1) is 8.11. The highest BCUT2D eigenvalue weighted by Crippen LogP contribution is 1.95. The zero-order chi connectivity index (χ0) is 12.7. The molecule has 1 aliphatic rings. The van der Waals surface area contributed by atoms with E-state index in [-0.39, 0.29) is 12.1 Å². The maximum atomic E-state index is 10.8. The van der Waals surface area contributed by atoms with E-state index in [4.69, 9.17) is 4.74 Å². The second kappa shape index (κ2) is 7.31. The number of nitrogens with one attached hydrogen (secondary N) is 2. The Morgan fingerprint density at radius 2 is 2.00 bits per heavy atom.